The van der Waals surface area contributed by atoms with E-state index in [1.165, 1.54) is 27.7 Å². The molecular weight excluding hydrogens is 500 g/mol. The van der Waals surface area contributed by atoms with Crippen molar-refractivity contribution in [3.05, 3.63) is 0 Å². The van der Waals surface area contributed by atoms with Crippen LogP contribution in [-0.4, -0.2) is 79.8 Å². The highest BCUT2D eigenvalue weighted by Gasteiger charge is 2.46. The van der Waals surface area contributed by atoms with Crippen LogP contribution in [0.25, 0.3) is 0 Å². The molecule has 0 aromatic rings. The summed E-state index contributed by atoms with van der Waals surface area (Å²) in [4.78, 5) is 48.7. The normalized spacial score (nSPS) is 35.8. The van der Waals surface area contributed by atoms with Gasteiger partial charge in [0.2, 0.25) is 18.5 Å². The van der Waals surface area contributed by atoms with Gasteiger partial charge in [-0.25, -0.2) is 4.99 Å². The second-order valence-corrected chi connectivity index (χ2v) is 10.2. The van der Waals surface area contributed by atoms with Crippen LogP contribution in [0.1, 0.15) is 62.3 Å². The Hall–Kier alpha value is -2.73. The van der Waals surface area contributed by atoms with Crippen molar-refractivity contribution in [1.82, 2.24) is 5.32 Å². The first-order valence-electron chi connectivity index (χ1n) is 12.9. The summed E-state index contributed by atoms with van der Waals surface area (Å²) in [5.41, 5.74) is 0. The lowest BCUT2D eigenvalue weighted by molar-refractivity contribution is -0.238. The molecule has 12 heteroatoms. The van der Waals surface area contributed by atoms with E-state index in [1.807, 2.05) is 20.8 Å². The summed E-state index contributed by atoms with van der Waals surface area (Å²) in [6.45, 7) is 15.7. The molecule has 3 aliphatic heterocycles. The Morgan fingerprint density at radius 1 is 0.789 bits per heavy atom. The number of fused-ring (bicyclic) bond motifs is 1. The molecule has 3 aliphatic rings. The van der Waals surface area contributed by atoms with Gasteiger partial charge in [0.15, 0.2) is 5.90 Å². The summed E-state index contributed by atoms with van der Waals surface area (Å²) >= 11 is 0. The first-order valence-corrected chi connectivity index (χ1v) is 12.9. The summed E-state index contributed by atoms with van der Waals surface area (Å²) in [7, 11) is 0. The van der Waals surface area contributed by atoms with Crippen molar-refractivity contribution in [1.29, 1.82) is 0 Å². The first kappa shape index (κ1) is 31.5. The van der Waals surface area contributed by atoms with Crippen LogP contribution in [0.15, 0.2) is 4.99 Å². The number of hydrogen-bond acceptors (Lipinski definition) is 11. The van der Waals surface area contributed by atoms with Crippen molar-refractivity contribution in [3.8, 4) is 0 Å². The highest BCUT2D eigenvalue weighted by molar-refractivity contribution is 5.75. The van der Waals surface area contributed by atoms with Gasteiger partial charge in [0.1, 0.15) is 19.3 Å². The summed E-state index contributed by atoms with van der Waals surface area (Å²) in [5.74, 6) is -0.0724. The molecule has 3 heterocycles. The largest absolute Gasteiger partial charge is 0.463 e. The third-order valence-corrected chi connectivity index (χ3v) is 7.30. The standard InChI is InChI=1S/C14H23NO6.C12H19NO4/c1-7-8(2)13(15-9(3)16)14(20-11(5)18)21-12(7)6-19-10(4)17;1-6-7(2)11-12(16-8(3)13-11)17-10(6)5-15-9(4)14/h7-8,12-14H,6H2,1-5H3,(H,15,16);6-7,10-12H,5H2,1-4H3/t7-,8+,12?,13?,14-;6-,7+,10?,11?,12-/m11/s1. The van der Waals surface area contributed by atoms with E-state index in [1.54, 1.807) is 0 Å². The molecule has 2 fully saturated rings. The van der Waals surface area contributed by atoms with Gasteiger partial charge < -0.3 is 33.7 Å². The van der Waals surface area contributed by atoms with Crippen LogP contribution in [-0.2, 0) is 47.6 Å². The molecule has 4 unspecified atom stereocenters. The van der Waals surface area contributed by atoms with Crippen LogP contribution in [0.4, 0.5) is 0 Å². The Morgan fingerprint density at radius 2 is 1.32 bits per heavy atom. The lowest BCUT2D eigenvalue weighted by Gasteiger charge is -2.43. The molecule has 12 nitrogen and oxygen atoms in total. The van der Waals surface area contributed by atoms with Gasteiger partial charge in [0, 0.05) is 34.6 Å². The number of esters is 3. The van der Waals surface area contributed by atoms with E-state index in [4.69, 9.17) is 28.4 Å². The average Bonchev–Trinajstić information content (AvgIpc) is 3.19. The van der Waals surface area contributed by atoms with Gasteiger partial charge >= 0.3 is 17.9 Å². The first-order chi connectivity index (χ1) is 17.7. The molecule has 10 atom stereocenters. The maximum Gasteiger partial charge on any atom is 0.305 e. The molecule has 2 saturated heterocycles. The highest BCUT2D eigenvalue weighted by atomic mass is 16.7. The number of aliphatic imine (C=N–C) groups is 1. The monoisotopic (exact) mass is 542 g/mol. The molecule has 0 saturated carbocycles. The zero-order valence-electron chi connectivity index (χ0n) is 23.7. The molecule has 0 spiro atoms. The Balaban J connectivity index is 0.000000272. The Kier molecular flexibility index (Phi) is 11.5. The van der Waals surface area contributed by atoms with Gasteiger partial charge in [-0.3, -0.25) is 19.2 Å². The third-order valence-electron chi connectivity index (χ3n) is 7.30. The number of ether oxygens (including phenoxy) is 6. The van der Waals surface area contributed by atoms with Crippen LogP contribution in [0.3, 0.4) is 0 Å². The zero-order valence-corrected chi connectivity index (χ0v) is 23.7. The van der Waals surface area contributed by atoms with E-state index < -0.39 is 30.4 Å². The second-order valence-electron chi connectivity index (χ2n) is 10.2. The van der Waals surface area contributed by atoms with Gasteiger partial charge in [-0.2, -0.15) is 0 Å². The lowest BCUT2D eigenvalue weighted by atomic mass is 9.82. The van der Waals surface area contributed by atoms with Crippen LogP contribution in [0.5, 0.6) is 0 Å². The van der Waals surface area contributed by atoms with Crippen LogP contribution >= 0.6 is 0 Å². The van der Waals surface area contributed by atoms with E-state index in [0.717, 1.165) is 0 Å². The fourth-order valence-electron chi connectivity index (χ4n) is 4.73. The predicted octanol–water partition coefficient (Wildman–Crippen LogP) is 1.98. The maximum atomic E-state index is 11.3. The van der Waals surface area contributed by atoms with Crippen LogP contribution in [0, 0.1) is 23.7 Å². The molecule has 0 aliphatic carbocycles. The predicted molar refractivity (Wildman–Crippen MR) is 135 cm³/mol. The number of carbonyl (C=O) groups excluding carboxylic acids is 4. The van der Waals surface area contributed by atoms with E-state index in [0.29, 0.717) is 11.8 Å². The van der Waals surface area contributed by atoms with E-state index in [-0.39, 0.29) is 61.3 Å². The number of carbonyl (C=O) groups is 4. The average molecular weight is 543 g/mol. The summed E-state index contributed by atoms with van der Waals surface area (Å²) < 4.78 is 32.2. The third kappa shape index (κ3) is 8.65. The maximum absolute atomic E-state index is 11.3. The molecule has 1 amide bonds. The molecule has 0 aromatic heterocycles. The van der Waals surface area contributed by atoms with Gasteiger partial charge in [-0.1, -0.05) is 27.7 Å². The van der Waals surface area contributed by atoms with Crippen LogP contribution in [0.2, 0.25) is 0 Å². The van der Waals surface area contributed by atoms with Gasteiger partial charge in [-0.15, -0.1) is 0 Å². The van der Waals surface area contributed by atoms with Crippen molar-refractivity contribution >= 4 is 29.7 Å². The van der Waals surface area contributed by atoms with Gasteiger partial charge in [0.05, 0.1) is 18.2 Å². The minimum atomic E-state index is -0.891. The van der Waals surface area contributed by atoms with Gasteiger partial charge in [0.25, 0.3) is 0 Å². The molecule has 38 heavy (non-hydrogen) atoms. The second kappa shape index (κ2) is 13.9. The Labute approximate surface area is 224 Å². The topological polar surface area (TPSA) is 148 Å². The van der Waals surface area contributed by atoms with Crippen molar-refractivity contribution < 1.29 is 47.6 Å². The molecule has 0 bridgehead atoms. The van der Waals surface area contributed by atoms with Crippen molar-refractivity contribution in [2.24, 2.45) is 28.7 Å². The highest BCUT2D eigenvalue weighted by Crippen LogP contribution is 2.36. The van der Waals surface area contributed by atoms with Crippen LogP contribution < -0.4 is 5.32 Å². The minimum absolute atomic E-state index is 0.00689. The Morgan fingerprint density at radius 3 is 1.82 bits per heavy atom. The van der Waals surface area contributed by atoms with E-state index in [2.05, 4.69) is 24.2 Å². The number of nitrogens with one attached hydrogen (secondary N) is 1. The number of amides is 1. The number of hydrogen-bond donors (Lipinski definition) is 1. The van der Waals surface area contributed by atoms with E-state index in [9.17, 15) is 19.2 Å². The fourth-order valence-corrected chi connectivity index (χ4v) is 4.73. The summed E-state index contributed by atoms with van der Waals surface area (Å²) in [6, 6.07) is -0.367. The quantitative estimate of drug-likeness (QED) is 0.390. The zero-order chi connectivity index (χ0) is 28.7. The minimum Gasteiger partial charge on any atom is -0.463 e. The smallest absolute Gasteiger partial charge is 0.305 e. The molecular formula is C26H42N2O10. The molecule has 0 aromatic carbocycles. The van der Waals surface area contributed by atoms with Crippen molar-refractivity contribution in [3.63, 3.8) is 0 Å². The SMILES string of the molecule is CC(=O)NC1[C@H](OC(C)=O)OC(COC(C)=O)[C@H](C)[C@@H]1C.CC(=O)OCC1O[C@H]2OC(C)=NC2[C@@H](C)[C@H]1C. The lowest BCUT2D eigenvalue weighted by Crippen LogP contribution is -2.58. The fraction of sp³-hybridized carbons (Fsp3) is 0.808. The molecule has 1 N–H and O–H groups in total. The Bertz CT molecular complexity index is 891. The number of nitrogens with zero attached hydrogens (tertiary/aromatic N) is 1. The number of rotatable bonds is 6. The van der Waals surface area contributed by atoms with Crippen molar-refractivity contribution in [2.75, 3.05) is 13.2 Å². The molecule has 3 rings (SSSR count). The van der Waals surface area contributed by atoms with Crippen molar-refractivity contribution in [2.45, 2.75) is 99.2 Å². The van der Waals surface area contributed by atoms with E-state index >= 15 is 0 Å². The summed E-state index contributed by atoms with van der Waals surface area (Å²) in [6.07, 6.45) is -1.71. The summed E-state index contributed by atoms with van der Waals surface area (Å²) in [5, 5.41) is 2.75. The molecule has 0 radical (unpaired) electrons. The van der Waals surface area contributed by atoms with Gasteiger partial charge in [-0.05, 0) is 23.7 Å². The molecule has 216 valence electrons.